The van der Waals surface area contributed by atoms with Crippen molar-refractivity contribution in [3.63, 3.8) is 0 Å². The fourth-order valence-corrected chi connectivity index (χ4v) is 2.90. The van der Waals surface area contributed by atoms with Gasteiger partial charge in [0.05, 0.1) is 4.99 Å². The van der Waals surface area contributed by atoms with Crippen LogP contribution in [0.25, 0.3) is 0 Å². The predicted molar refractivity (Wildman–Crippen MR) is 109 cm³/mol. The van der Waals surface area contributed by atoms with E-state index in [1.165, 1.54) is 16.8 Å². The van der Waals surface area contributed by atoms with E-state index in [2.05, 4.69) is 85.2 Å². The molecule has 0 amide bonds. The van der Waals surface area contributed by atoms with Crippen LogP contribution in [0.4, 0.5) is 5.69 Å². The Balaban J connectivity index is 3.40. The maximum Gasteiger partial charge on any atom is 0.0852 e. The minimum absolute atomic E-state index is 0.0807. The van der Waals surface area contributed by atoms with Gasteiger partial charge in [-0.15, -0.1) is 6.58 Å². The monoisotopic (exact) mass is 331 g/mol. The molecule has 0 fully saturated rings. The van der Waals surface area contributed by atoms with Crippen LogP contribution in [0.1, 0.15) is 66.0 Å². The molecule has 0 bridgehead atoms. The number of hydrogen-bond acceptors (Lipinski definition) is 1. The van der Waals surface area contributed by atoms with Gasteiger partial charge < -0.3 is 4.90 Å². The van der Waals surface area contributed by atoms with Crippen LogP contribution in [0.3, 0.4) is 0 Å². The lowest BCUT2D eigenvalue weighted by Crippen LogP contribution is -2.32. The van der Waals surface area contributed by atoms with E-state index in [9.17, 15) is 0 Å². The molecular weight excluding hydrogens is 298 g/mol. The number of nitrogens with zero attached hydrogens (tertiary/aromatic N) is 1. The first-order chi connectivity index (χ1) is 10.4. The lowest BCUT2D eigenvalue weighted by atomic mass is 9.80. The van der Waals surface area contributed by atoms with Gasteiger partial charge in [0, 0.05) is 18.7 Å². The summed E-state index contributed by atoms with van der Waals surface area (Å²) in [6.45, 7) is 19.5. The molecule has 23 heavy (non-hydrogen) atoms. The molecule has 0 saturated carbocycles. The zero-order chi connectivity index (χ0) is 18.0. The molecule has 0 unspecified atom stereocenters. The Kier molecular flexibility index (Phi) is 6.20. The Morgan fingerprint density at radius 2 is 1.74 bits per heavy atom. The Morgan fingerprint density at radius 1 is 1.17 bits per heavy atom. The largest absolute Gasteiger partial charge is 0.339 e. The summed E-state index contributed by atoms with van der Waals surface area (Å²) in [5, 5.41) is 0. The molecule has 0 aliphatic heterocycles. The average Bonchev–Trinajstić information content (AvgIpc) is 2.43. The maximum absolute atomic E-state index is 5.74. The number of rotatable bonds is 4. The van der Waals surface area contributed by atoms with Crippen molar-refractivity contribution in [2.24, 2.45) is 5.92 Å². The standard InChI is InChI=1S/C21H33NS/c1-10-11-15(2)19(23)22(9)18-14-16(20(3,4)5)12-13-17(18)21(6,7)8/h10,12-15H,1,11H2,2-9H3/t15-/m1/s1. The highest BCUT2D eigenvalue weighted by molar-refractivity contribution is 7.80. The quantitative estimate of drug-likeness (QED) is 0.473. The van der Waals surface area contributed by atoms with Crippen molar-refractivity contribution in [2.75, 3.05) is 11.9 Å². The highest BCUT2D eigenvalue weighted by Gasteiger charge is 2.25. The first-order valence-electron chi connectivity index (χ1n) is 8.43. The van der Waals surface area contributed by atoms with Gasteiger partial charge in [-0.2, -0.15) is 0 Å². The molecule has 1 aromatic rings. The number of hydrogen-bond donors (Lipinski definition) is 0. The number of thiocarbonyl (C=S) groups is 1. The topological polar surface area (TPSA) is 3.24 Å². The molecule has 0 aliphatic rings. The lowest BCUT2D eigenvalue weighted by Gasteiger charge is -2.33. The van der Waals surface area contributed by atoms with E-state index in [0.717, 1.165) is 11.4 Å². The van der Waals surface area contributed by atoms with Gasteiger partial charge in [-0.3, -0.25) is 0 Å². The predicted octanol–water partition coefficient (Wildman–Crippen LogP) is 6.26. The summed E-state index contributed by atoms with van der Waals surface area (Å²) >= 11 is 5.74. The molecule has 1 aromatic carbocycles. The van der Waals surface area contributed by atoms with Gasteiger partial charge in [-0.25, -0.2) is 0 Å². The molecule has 0 saturated heterocycles. The molecule has 0 N–H and O–H groups in total. The van der Waals surface area contributed by atoms with Gasteiger partial charge >= 0.3 is 0 Å². The van der Waals surface area contributed by atoms with Crippen LogP contribution in [0.5, 0.6) is 0 Å². The summed E-state index contributed by atoms with van der Waals surface area (Å²) < 4.78 is 0. The van der Waals surface area contributed by atoms with Gasteiger partial charge in [0.15, 0.2) is 0 Å². The second-order valence-corrected chi connectivity index (χ2v) is 8.97. The van der Waals surface area contributed by atoms with Crippen molar-refractivity contribution in [2.45, 2.75) is 65.7 Å². The molecule has 1 atom stereocenters. The van der Waals surface area contributed by atoms with Crippen molar-refractivity contribution < 1.29 is 0 Å². The van der Waals surface area contributed by atoms with E-state index < -0.39 is 0 Å². The zero-order valence-electron chi connectivity index (χ0n) is 16.2. The molecule has 0 radical (unpaired) electrons. The molecule has 1 nitrogen and oxygen atoms in total. The normalized spacial score (nSPS) is 13.6. The summed E-state index contributed by atoms with van der Waals surface area (Å²) in [6.07, 6.45) is 2.86. The fourth-order valence-electron chi connectivity index (χ4n) is 2.71. The minimum Gasteiger partial charge on any atom is -0.339 e. The Morgan fingerprint density at radius 3 is 2.17 bits per heavy atom. The second-order valence-electron chi connectivity index (χ2n) is 8.55. The van der Waals surface area contributed by atoms with Crippen LogP contribution in [0, 0.1) is 5.92 Å². The minimum atomic E-state index is 0.0807. The Bertz CT molecular complexity index is 572. The molecule has 0 aliphatic carbocycles. The van der Waals surface area contributed by atoms with Crippen molar-refractivity contribution >= 4 is 22.9 Å². The molecule has 128 valence electrons. The Labute approximate surface area is 148 Å². The molecule has 1 rings (SSSR count). The van der Waals surface area contributed by atoms with E-state index >= 15 is 0 Å². The van der Waals surface area contributed by atoms with Crippen molar-refractivity contribution in [3.05, 3.63) is 42.0 Å². The van der Waals surface area contributed by atoms with Gasteiger partial charge in [0.2, 0.25) is 0 Å². The average molecular weight is 332 g/mol. The van der Waals surface area contributed by atoms with Crippen molar-refractivity contribution in [3.8, 4) is 0 Å². The highest BCUT2D eigenvalue weighted by atomic mass is 32.1. The van der Waals surface area contributed by atoms with Crippen molar-refractivity contribution in [1.29, 1.82) is 0 Å². The number of anilines is 1. The van der Waals surface area contributed by atoms with Gasteiger partial charge in [-0.1, -0.05) is 78.9 Å². The number of allylic oxidation sites excluding steroid dienone is 1. The van der Waals surface area contributed by atoms with Crippen LogP contribution in [0.2, 0.25) is 0 Å². The van der Waals surface area contributed by atoms with E-state index in [1.54, 1.807) is 0 Å². The highest BCUT2D eigenvalue weighted by Crippen LogP contribution is 2.36. The summed E-state index contributed by atoms with van der Waals surface area (Å²) in [7, 11) is 2.10. The van der Waals surface area contributed by atoms with Gasteiger partial charge in [0.1, 0.15) is 0 Å². The third-order valence-electron chi connectivity index (χ3n) is 4.31. The van der Waals surface area contributed by atoms with Gasteiger partial charge in [-0.05, 0) is 34.4 Å². The van der Waals surface area contributed by atoms with E-state index in [1.807, 2.05) is 6.08 Å². The van der Waals surface area contributed by atoms with Crippen LogP contribution < -0.4 is 4.90 Å². The van der Waals surface area contributed by atoms with Gasteiger partial charge in [0.25, 0.3) is 0 Å². The van der Waals surface area contributed by atoms with Crippen LogP contribution in [-0.2, 0) is 10.8 Å². The fraction of sp³-hybridized carbons (Fsp3) is 0.571. The zero-order valence-corrected chi connectivity index (χ0v) is 17.0. The van der Waals surface area contributed by atoms with E-state index in [4.69, 9.17) is 12.2 Å². The SMILES string of the molecule is C=CC[C@@H](C)C(=S)N(C)c1cc(C(C)(C)C)ccc1C(C)(C)C. The van der Waals surface area contributed by atoms with Crippen molar-refractivity contribution in [1.82, 2.24) is 0 Å². The summed E-state index contributed by atoms with van der Waals surface area (Å²) in [4.78, 5) is 3.17. The van der Waals surface area contributed by atoms with Crippen LogP contribution in [-0.4, -0.2) is 12.0 Å². The van der Waals surface area contributed by atoms with Crippen LogP contribution >= 0.6 is 12.2 Å². The molecule has 2 heteroatoms. The summed E-state index contributed by atoms with van der Waals surface area (Å²) in [5.74, 6) is 0.318. The van der Waals surface area contributed by atoms with E-state index in [-0.39, 0.29) is 10.8 Å². The van der Waals surface area contributed by atoms with Crippen LogP contribution in [0.15, 0.2) is 30.9 Å². The second kappa shape index (κ2) is 7.17. The number of benzene rings is 1. The van der Waals surface area contributed by atoms with E-state index in [0.29, 0.717) is 5.92 Å². The molecular formula is C21H33NS. The molecule has 0 aromatic heterocycles. The third-order valence-corrected chi connectivity index (χ3v) is 4.98. The molecule has 0 heterocycles. The molecule has 0 spiro atoms. The lowest BCUT2D eigenvalue weighted by molar-refractivity contribution is 0.577. The first kappa shape index (κ1) is 19.9. The summed E-state index contributed by atoms with van der Waals surface area (Å²) in [5.41, 5.74) is 4.11. The summed E-state index contributed by atoms with van der Waals surface area (Å²) in [6, 6.07) is 6.84. The smallest absolute Gasteiger partial charge is 0.0852 e. The third kappa shape index (κ3) is 4.91. The Hall–Kier alpha value is -1.15. The first-order valence-corrected chi connectivity index (χ1v) is 8.84. The maximum atomic E-state index is 5.74.